The van der Waals surface area contributed by atoms with E-state index in [0.29, 0.717) is 17.9 Å². The fourth-order valence-corrected chi connectivity index (χ4v) is 2.54. The highest BCUT2D eigenvalue weighted by atomic mass is 31.0. The van der Waals surface area contributed by atoms with Crippen LogP contribution in [0.25, 0.3) is 0 Å². The predicted octanol–water partition coefficient (Wildman–Crippen LogP) is 6.63. The minimum atomic E-state index is -4.87. The molecule has 2 aromatic rings. The van der Waals surface area contributed by atoms with E-state index in [1.165, 1.54) is 0 Å². The summed E-state index contributed by atoms with van der Waals surface area (Å²) in [6, 6.07) is 8.33. The van der Waals surface area contributed by atoms with Crippen LogP contribution in [0.15, 0.2) is 42.5 Å². The molecule has 0 saturated carbocycles. The molecule has 0 heterocycles. The normalized spacial score (nSPS) is 13.5. The van der Waals surface area contributed by atoms with E-state index in [1.54, 1.807) is 12.1 Å². The molecule has 8 heteroatoms. The van der Waals surface area contributed by atoms with Gasteiger partial charge in [-0.05, 0) is 53.5 Å². The van der Waals surface area contributed by atoms with E-state index >= 15 is 0 Å². The molecule has 0 aliphatic rings. The van der Waals surface area contributed by atoms with E-state index in [1.807, 2.05) is 19.1 Å². The highest BCUT2D eigenvalue weighted by Crippen LogP contribution is 2.36. The Kier molecular flexibility index (Phi) is 6.22. The van der Waals surface area contributed by atoms with Gasteiger partial charge in [0.25, 0.3) is 0 Å². The van der Waals surface area contributed by atoms with Crippen LogP contribution in [0.5, 0.6) is 5.75 Å². The van der Waals surface area contributed by atoms with Crippen LogP contribution in [0.2, 0.25) is 0 Å². The lowest BCUT2D eigenvalue weighted by molar-refractivity contribution is -0.143. The predicted molar refractivity (Wildman–Crippen MR) is 90.0 cm³/mol. The SMILES string of the molecule is CCC(P)c1ccc(OCc2cc(C(F)(F)F)cc(C(F)(F)F)c2)cc1. The van der Waals surface area contributed by atoms with Gasteiger partial charge in [-0.1, -0.05) is 19.1 Å². The van der Waals surface area contributed by atoms with Crippen LogP contribution >= 0.6 is 9.24 Å². The average molecular weight is 394 g/mol. The molecule has 0 fully saturated rings. The zero-order valence-corrected chi connectivity index (χ0v) is 14.9. The van der Waals surface area contributed by atoms with Crippen LogP contribution in [-0.2, 0) is 19.0 Å². The fourth-order valence-electron chi connectivity index (χ4n) is 2.32. The third kappa shape index (κ3) is 5.37. The monoisotopic (exact) mass is 394 g/mol. The van der Waals surface area contributed by atoms with E-state index < -0.39 is 30.1 Å². The molecule has 0 aliphatic carbocycles. The molecule has 2 atom stereocenters. The molecule has 1 nitrogen and oxygen atoms in total. The summed E-state index contributed by atoms with van der Waals surface area (Å²) in [5.74, 6) is 0.369. The first-order valence-corrected chi connectivity index (χ1v) is 8.44. The van der Waals surface area contributed by atoms with Crippen LogP contribution in [0.3, 0.4) is 0 Å². The van der Waals surface area contributed by atoms with Crippen molar-refractivity contribution in [2.45, 2.75) is 38.0 Å². The first-order chi connectivity index (χ1) is 12.0. The van der Waals surface area contributed by atoms with Crippen molar-refractivity contribution >= 4 is 9.24 Å². The van der Waals surface area contributed by atoms with Crippen LogP contribution in [-0.4, -0.2) is 0 Å². The van der Waals surface area contributed by atoms with Crippen molar-refractivity contribution in [3.8, 4) is 5.75 Å². The van der Waals surface area contributed by atoms with Crippen molar-refractivity contribution in [1.29, 1.82) is 0 Å². The molecule has 0 amide bonds. The van der Waals surface area contributed by atoms with Gasteiger partial charge in [-0.3, -0.25) is 0 Å². The number of hydrogen-bond donors (Lipinski definition) is 0. The lowest BCUT2D eigenvalue weighted by Crippen LogP contribution is -2.12. The van der Waals surface area contributed by atoms with Gasteiger partial charge in [-0.15, -0.1) is 9.24 Å². The minimum Gasteiger partial charge on any atom is -0.489 e. The van der Waals surface area contributed by atoms with Gasteiger partial charge in [-0.2, -0.15) is 26.3 Å². The van der Waals surface area contributed by atoms with Crippen molar-refractivity contribution in [1.82, 2.24) is 0 Å². The maximum atomic E-state index is 12.8. The van der Waals surface area contributed by atoms with E-state index in [9.17, 15) is 26.3 Å². The summed E-state index contributed by atoms with van der Waals surface area (Å²) in [5.41, 5.74) is -1.59. The third-order valence-corrected chi connectivity index (χ3v) is 4.66. The Morgan fingerprint density at radius 2 is 1.38 bits per heavy atom. The summed E-state index contributed by atoms with van der Waals surface area (Å²) in [7, 11) is 2.69. The molecule has 0 aromatic heterocycles. The standard InChI is InChI=1S/C18H17F6OP/c1-2-16(26)12-3-5-15(6-4-12)25-10-11-7-13(17(19,20)21)9-14(8-11)18(22,23)24/h3-9,16H,2,10,26H2,1H3. The minimum absolute atomic E-state index is 0.0993. The van der Waals surface area contributed by atoms with Gasteiger partial charge in [0.2, 0.25) is 0 Å². The second-order valence-electron chi connectivity index (χ2n) is 5.79. The largest absolute Gasteiger partial charge is 0.489 e. The van der Waals surface area contributed by atoms with Crippen molar-refractivity contribution < 1.29 is 31.1 Å². The molecule has 0 saturated heterocycles. The Bertz CT molecular complexity index is 705. The van der Waals surface area contributed by atoms with Crippen LogP contribution in [0, 0.1) is 0 Å². The van der Waals surface area contributed by atoms with Crippen LogP contribution < -0.4 is 4.74 Å². The van der Waals surface area contributed by atoms with Gasteiger partial charge in [0, 0.05) is 0 Å². The highest BCUT2D eigenvalue weighted by molar-refractivity contribution is 7.17. The van der Waals surface area contributed by atoms with Gasteiger partial charge in [0.15, 0.2) is 0 Å². The topological polar surface area (TPSA) is 9.23 Å². The number of rotatable bonds is 5. The molecule has 0 aliphatic heterocycles. The summed E-state index contributed by atoms with van der Waals surface area (Å²) in [4.78, 5) is 0. The quantitative estimate of drug-likeness (QED) is 0.409. The van der Waals surface area contributed by atoms with Crippen LogP contribution in [0.4, 0.5) is 26.3 Å². The Morgan fingerprint density at radius 3 is 1.81 bits per heavy atom. The molecular formula is C18H17F6OP. The maximum absolute atomic E-state index is 12.8. The van der Waals surface area contributed by atoms with Gasteiger partial charge >= 0.3 is 12.4 Å². The summed E-state index contributed by atoms with van der Waals surface area (Å²) in [5, 5.41) is 0. The van der Waals surface area contributed by atoms with Crippen molar-refractivity contribution in [3.05, 3.63) is 64.7 Å². The number of benzene rings is 2. The molecule has 0 radical (unpaired) electrons. The number of ether oxygens (including phenoxy) is 1. The molecule has 0 N–H and O–H groups in total. The molecule has 2 rings (SSSR count). The Balaban J connectivity index is 2.21. The van der Waals surface area contributed by atoms with Gasteiger partial charge in [0.1, 0.15) is 12.4 Å². The molecule has 0 bridgehead atoms. The van der Waals surface area contributed by atoms with Crippen molar-refractivity contribution in [2.75, 3.05) is 0 Å². The zero-order valence-electron chi connectivity index (χ0n) is 13.8. The lowest BCUT2D eigenvalue weighted by atomic mass is 10.1. The van der Waals surface area contributed by atoms with E-state index in [2.05, 4.69) is 9.24 Å². The van der Waals surface area contributed by atoms with Gasteiger partial charge in [0.05, 0.1) is 11.1 Å². The fraction of sp³-hybridized carbons (Fsp3) is 0.333. The van der Waals surface area contributed by atoms with E-state index in [0.717, 1.165) is 12.0 Å². The van der Waals surface area contributed by atoms with E-state index in [4.69, 9.17) is 4.74 Å². The Hall–Kier alpha value is -1.75. The first-order valence-electron chi connectivity index (χ1n) is 7.77. The van der Waals surface area contributed by atoms with Crippen molar-refractivity contribution in [3.63, 3.8) is 0 Å². The second-order valence-corrected chi connectivity index (χ2v) is 6.59. The lowest BCUT2D eigenvalue weighted by Gasteiger charge is -2.15. The molecule has 2 aromatic carbocycles. The van der Waals surface area contributed by atoms with Crippen LogP contribution in [0.1, 0.15) is 41.3 Å². The number of halogens is 6. The molecule has 0 spiro atoms. The Morgan fingerprint density at radius 1 is 0.885 bits per heavy atom. The Labute approximate surface area is 149 Å². The number of alkyl halides is 6. The zero-order chi connectivity index (χ0) is 19.5. The molecule has 26 heavy (non-hydrogen) atoms. The first kappa shape index (κ1) is 20.6. The summed E-state index contributed by atoms with van der Waals surface area (Å²) in [6.07, 6.45) is -8.83. The molecular weight excluding hydrogens is 377 g/mol. The van der Waals surface area contributed by atoms with Crippen molar-refractivity contribution in [2.24, 2.45) is 0 Å². The van der Waals surface area contributed by atoms with E-state index in [-0.39, 0.29) is 17.3 Å². The van der Waals surface area contributed by atoms with Gasteiger partial charge in [-0.25, -0.2) is 0 Å². The summed E-state index contributed by atoms with van der Waals surface area (Å²) in [6.45, 7) is 1.62. The average Bonchev–Trinajstić information content (AvgIpc) is 2.58. The summed E-state index contributed by atoms with van der Waals surface area (Å²) < 4.78 is 82.4. The number of hydrogen-bond acceptors (Lipinski definition) is 1. The molecule has 2 unspecified atom stereocenters. The smallest absolute Gasteiger partial charge is 0.416 e. The highest BCUT2D eigenvalue weighted by Gasteiger charge is 2.36. The third-order valence-electron chi connectivity index (χ3n) is 3.80. The molecule has 142 valence electrons. The summed E-state index contributed by atoms with van der Waals surface area (Å²) >= 11 is 0. The van der Waals surface area contributed by atoms with Gasteiger partial charge < -0.3 is 4.74 Å². The maximum Gasteiger partial charge on any atom is 0.416 e. The second kappa shape index (κ2) is 7.87.